The van der Waals surface area contributed by atoms with Gasteiger partial charge >= 0.3 is 0 Å². The molecule has 96 valence electrons. The van der Waals surface area contributed by atoms with Crippen LogP contribution in [0.4, 0.5) is 0 Å². The molecule has 0 radical (unpaired) electrons. The number of hydrogen-bond acceptors (Lipinski definition) is 2. The van der Waals surface area contributed by atoms with Crippen molar-refractivity contribution in [2.75, 3.05) is 0 Å². The van der Waals surface area contributed by atoms with Gasteiger partial charge in [-0.25, -0.2) is 0 Å². The molecule has 0 fully saturated rings. The second kappa shape index (κ2) is 4.58. The Labute approximate surface area is 108 Å². The predicted octanol–water partition coefficient (Wildman–Crippen LogP) is 3.08. The Morgan fingerprint density at radius 3 is 2.06 bits per heavy atom. The van der Waals surface area contributed by atoms with Crippen LogP contribution in [0.15, 0.2) is 6.07 Å². The Kier molecular flexibility index (Phi) is 3.26. The Hall–Kier alpha value is -1.61. The zero-order chi connectivity index (χ0) is 13.4. The topological polar surface area (TPSA) is 54.7 Å². The van der Waals surface area contributed by atoms with Crippen molar-refractivity contribution in [2.24, 2.45) is 5.73 Å². The maximum atomic E-state index is 5.80. The number of aryl methyl sites for hydroxylation is 3. The van der Waals surface area contributed by atoms with Crippen LogP contribution in [0.3, 0.4) is 0 Å². The normalized spacial score (nSPS) is 11.0. The molecular weight excluding hydrogens is 222 g/mol. The number of aromatic amines is 1. The van der Waals surface area contributed by atoms with Crippen molar-refractivity contribution in [3.63, 3.8) is 0 Å². The zero-order valence-corrected chi connectivity index (χ0v) is 11.8. The molecule has 0 bridgehead atoms. The molecule has 0 amide bonds. The van der Waals surface area contributed by atoms with Gasteiger partial charge < -0.3 is 5.73 Å². The number of nitrogens with one attached hydrogen (secondary N) is 1. The molecule has 18 heavy (non-hydrogen) atoms. The molecule has 0 aliphatic rings. The molecule has 1 heterocycles. The van der Waals surface area contributed by atoms with Crippen molar-refractivity contribution in [1.82, 2.24) is 10.2 Å². The quantitative estimate of drug-likeness (QED) is 0.851. The number of rotatable bonds is 2. The van der Waals surface area contributed by atoms with Gasteiger partial charge in [-0.2, -0.15) is 5.10 Å². The van der Waals surface area contributed by atoms with Crippen LogP contribution in [0.25, 0.3) is 11.1 Å². The van der Waals surface area contributed by atoms with E-state index in [0.29, 0.717) is 6.54 Å². The smallest absolute Gasteiger partial charge is 0.0839 e. The third kappa shape index (κ3) is 1.85. The summed E-state index contributed by atoms with van der Waals surface area (Å²) in [6.45, 7) is 11.2. The molecule has 0 spiro atoms. The van der Waals surface area contributed by atoms with Gasteiger partial charge in [0.1, 0.15) is 0 Å². The largest absolute Gasteiger partial charge is 0.325 e. The van der Waals surface area contributed by atoms with Gasteiger partial charge in [0, 0.05) is 17.8 Å². The van der Waals surface area contributed by atoms with Gasteiger partial charge in [-0.15, -0.1) is 0 Å². The molecule has 1 aromatic carbocycles. The van der Waals surface area contributed by atoms with Gasteiger partial charge in [-0.3, -0.25) is 5.10 Å². The first-order valence-electron chi connectivity index (χ1n) is 6.29. The molecule has 0 aliphatic carbocycles. The monoisotopic (exact) mass is 243 g/mol. The van der Waals surface area contributed by atoms with E-state index < -0.39 is 0 Å². The van der Waals surface area contributed by atoms with Crippen LogP contribution in [0.5, 0.6) is 0 Å². The van der Waals surface area contributed by atoms with E-state index in [2.05, 4.69) is 50.9 Å². The molecule has 3 heteroatoms. The first kappa shape index (κ1) is 12.8. The van der Waals surface area contributed by atoms with Crippen molar-refractivity contribution in [2.45, 2.75) is 41.2 Å². The summed E-state index contributed by atoms with van der Waals surface area (Å²) in [6.07, 6.45) is 0. The molecule has 1 aromatic heterocycles. The summed E-state index contributed by atoms with van der Waals surface area (Å²) >= 11 is 0. The fraction of sp³-hybridized carbons (Fsp3) is 0.400. The van der Waals surface area contributed by atoms with Crippen LogP contribution < -0.4 is 5.73 Å². The lowest BCUT2D eigenvalue weighted by Gasteiger charge is -2.16. The molecule has 2 rings (SSSR count). The molecule has 0 aliphatic heterocycles. The highest BCUT2D eigenvalue weighted by atomic mass is 15.1. The van der Waals surface area contributed by atoms with Crippen molar-refractivity contribution in [3.05, 3.63) is 39.7 Å². The van der Waals surface area contributed by atoms with Gasteiger partial charge in [-0.1, -0.05) is 6.07 Å². The fourth-order valence-electron chi connectivity index (χ4n) is 2.55. The van der Waals surface area contributed by atoms with Crippen molar-refractivity contribution < 1.29 is 0 Å². The summed E-state index contributed by atoms with van der Waals surface area (Å²) in [4.78, 5) is 0. The fourth-order valence-corrected chi connectivity index (χ4v) is 2.55. The Bertz CT molecular complexity index is 568. The van der Waals surface area contributed by atoms with E-state index in [9.17, 15) is 0 Å². The van der Waals surface area contributed by atoms with E-state index in [4.69, 9.17) is 5.73 Å². The predicted molar refractivity (Wildman–Crippen MR) is 75.6 cm³/mol. The van der Waals surface area contributed by atoms with E-state index in [1.807, 2.05) is 0 Å². The van der Waals surface area contributed by atoms with Crippen molar-refractivity contribution in [3.8, 4) is 11.1 Å². The second-order valence-electron chi connectivity index (χ2n) is 5.01. The standard InChI is InChI=1S/C15H21N3/c1-8-6-9(2)11(4)14(10(8)3)15-12(5)17-18-13(15)7-16/h6H,7,16H2,1-5H3,(H,17,18). The number of hydrogen-bond donors (Lipinski definition) is 2. The van der Waals surface area contributed by atoms with Crippen LogP contribution in [-0.2, 0) is 6.54 Å². The first-order valence-corrected chi connectivity index (χ1v) is 6.29. The maximum absolute atomic E-state index is 5.80. The van der Waals surface area contributed by atoms with Gasteiger partial charge in [0.2, 0.25) is 0 Å². The second-order valence-corrected chi connectivity index (χ2v) is 5.01. The summed E-state index contributed by atoms with van der Waals surface area (Å²) in [6, 6.07) is 2.24. The van der Waals surface area contributed by atoms with Crippen LogP contribution in [0.2, 0.25) is 0 Å². The third-order valence-electron chi connectivity index (χ3n) is 3.83. The van der Waals surface area contributed by atoms with Crippen molar-refractivity contribution >= 4 is 0 Å². The minimum absolute atomic E-state index is 0.464. The Morgan fingerprint density at radius 2 is 1.56 bits per heavy atom. The van der Waals surface area contributed by atoms with Gasteiger partial charge in [0.15, 0.2) is 0 Å². The molecule has 0 unspecified atom stereocenters. The summed E-state index contributed by atoms with van der Waals surface area (Å²) in [7, 11) is 0. The Morgan fingerprint density at radius 1 is 1.00 bits per heavy atom. The average Bonchev–Trinajstić information content (AvgIpc) is 2.69. The summed E-state index contributed by atoms with van der Waals surface area (Å²) in [5.41, 5.74) is 15.6. The highest BCUT2D eigenvalue weighted by Crippen LogP contribution is 2.34. The number of nitrogens with two attached hydrogens (primary N) is 1. The number of H-pyrrole nitrogens is 1. The molecule has 0 atom stereocenters. The summed E-state index contributed by atoms with van der Waals surface area (Å²) in [5, 5.41) is 7.35. The molecular formula is C15H21N3. The van der Waals surface area contributed by atoms with Gasteiger partial charge in [-0.05, 0) is 62.4 Å². The van der Waals surface area contributed by atoms with E-state index in [1.54, 1.807) is 0 Å². The SMILES string of the molecule is Cc1cc(C)c(C)c(-c2c(CN)n[nH]c2C)c1C. The number of nitrogens with zero attached hydrogens (tertiary/aromatic N) is 1. The summed E-state index contributed by atoms with van der Waals surface area (Å²) < 4.78 is 0. The lowest BCUT2D eigenvalue weighted by atomic mass is 9.88. The number of benzene rings is 1. The molecule has 3 nitrogen and oxygen atoms in total. The minimum atomic E-state index is 0.464. The van der Waals surface area contributed by atoms with Crippen LogP contribution in [-0.4, -0.2) is 10.2 Å². The van der Waals surface area contributed by atoms with Gasteiger partial charge in [0.05, 0.1) is 5.69 Å². The zero-order valence-electron chi connectivity index (χ0n) is 11.8. The van der Waals surface area contributed by atoms with Crippen LogP contribution in [0.1, 0.15) is 33.6 Å². The molecule has 3 N–H and O–H groups in total. The highest BCUT2D eigenvalue weighted by molar-refractivity contribution is 5.76. The lowest BCUT2D eigenvalue weighted by molar-refractivity contribution is 0.939. The highest BCUT2D eigenvalue weighted by Gasteiger charge is 2.17. The molecule has 2 aromatic rings. The van der Waals surface area contributed by atoms with Gasteiger partial charge in [0.25, 0.3) is 0 Å². The third-order valence-corrected chi connectivity index (χ3v) is 3.83. The molecule has 0 saturated heterocycles. The average molecular weight is 243 g/mol. The minimum Gasteiger partial charge on any atom is -0.325 e. The summed E-state index contributed by atoms with van der Waals surface area (Å²) in [5.74, 6) is 0. The van der Waals surface area contributed by atoms with E-state index in [0.717, 1.165) is 11.4 Å². The van der Waals surface area contributed by atoms with E-state index >= 15 is 0 Å². The number of aromatic nitrogens is 2. The first-order chi connectivity index (χ1) is 8.47. The van der Waals surface area contributed by atoms with Crippen molar-refractivity contribution in [1.29, 1.82) is 0 Å². The maximum Gasteiger partial charge on any atom is 0.0839 e. The molecule has 0 saturated carbocycles. The van der Waals surface area contributed by atoms with Crippen LogP contribution in [0, 0.1) is 34.6 Å². The van der Waals surface area contributed by atoms with Crippen LogP contribution >= 0.6 is 0 Å². The van der Waals surface area contributed by atoms with E-state index in [-0.39, 0.29) is 0 Å². The lowest BCUT2D eigenvalue weighted by Crippen LogP contribution is -2.02. The Balaban J connectivity index is 2.82. The van der Waals surface area contributed by atoms with E-state index in [1.165, 1.54) is 33.4 Å².